The maximum Gasteiger partial charge on any atom is 0.314 e. The van der Waals surface area contributed by atoms with Gasteiger partial charge < -0.3 is 5.11 Å². The molecule has 1 aromatic rings. The van der Waals surface area contributed by atoms with Crippen molar-refractivity contribution in [1.82, 2.24) is 0 Å². The van der Waals surface area contributed by atoms with Gasteiger partial charge in [-0.1, -0.05) is 17.7 Å². The molecule has 0 aromatic heterocycles. The Labute approximate surface area is 117 Å². The van der Waals surface area contributed by atoms with Crippen molar-refractivity contribution < 1.29 is 18.7 Å². The minimum Gasteiger partial charge on any atom is -0.481 e. The number of carbonyl (C=O) groups is 1. The predicted molar refractivity (Wildman–Crippen MR) is 73.4 cm³/mol. The lowest BCUT2D eigenvalue weighted by Gasteiger charge is -2.39. The lowest BCUT2D eigenvalue weighted by atomic mass is 9.66. The van der Waals surface area contributed by atoms with Crippen LogP contribution in [0.5, 0.6) is 0 Å². The Kier molecular flexibility index (Phi) is 3.61. The zero-order chi connectivity index (χ0) is 15.1. The van der Waals surface area contributed by atoms with Crippen LogP contribution in [0.3, 0.4) is 0 Å². The molecule has 0 atom stereocenters. The van der Waals surface area contributed by atoms with Crippen molar-refractivity contribution in [3.63, 3.8) is 0 Å². The minimum absolute atomic E-state index is 0.0000737. The smallest absolute Gasteiger partial charge is 0.314 e. The van der Waals surface area contributed by atoms with Crippen LogP contribution in [0.25, 0.3) is 0 Å². The standard InChI is InChI=1S/C16H20F2O2/c1-10-8-11(2)13(12(3)9-10)15(14(19)20)4-6-16(17,18)7-5-15/h8-9H,4-7H2,1-3H3,(H,19,20). The molecule has 110 valence electrons. The Balaban J connectivity index is 2.53. The van der Waals surface area contributed by atoms with Gasteiger partial charge in [-0.25, -0.2) is 8.78 Å². The summed E-state index contributed by atoms with van der Waals surface area (Å²) in [5.74, 6) is -3.71. The fourth-order valence-corrected chi connectivity index (χ4v) is 3.55. The third-order valence-electron chi connectivity index (χ3n) is 4.40. The first-order chi connectivity index (χ1) is 9.18. The molecule has 1 fully saturated rings. The quantitative estimate of drug-likeness (QED) is 0.885. The average molecular weight is 282 g/mol. The molecule has 0 unspecified atom stereocenters. The van der Waals surface area contributed by atoms with E-state index in [2.05, 4.69) is 0 Å². The van der Waals surface area contributed by atoms with Gasteiger partial charge in [0, 0.05) is 12.8 Å². The van der Waals surface area contributed by atoms with E-state index in [1.807, 2.05) is 32.9 Å². The zero-order valence-corrected chi connectivity index (χ0v) is 12.1. The number of alkyl halides is 2. The Morgan fingerprint density at radius 3 is 1.90 bits per heavy atom. The first-order valence-corrected chi connectivity index (χ1v) is 6.87. The number of aliphatic carboxylic acids is 1. The van der Waals surface area contributed by atoms with Crippen LogP contribution in [0.4, 0.5) is 8.78 Å². The van der Waals surface area contributed by atoms with E-state index in [0.29, 0.717) is 0 Å². The number of benzene rings is 1. The predicted octanol–water partition coefficient (Wildman–Crippen LogP) is 4.14. The van der Waals surface area contributed by atoms with Gasteiger partial charge in [0.05, 0.1) is 5.41 Å². The summed E-state index contributed by atoms with van der Waals surface area (Å²) in [5, 5.41) is 9.69. The molecule has 1 aromatic carbocycles. The highest BCUT2D eigenvalue weighted by molar-refractivity contribution is 5.83. The van der Waals surface area contributed by atoms with Crippen LogP contribution in [0.2, 0.25) is 0 Å². The number of halogens is 2. The maximum absolute atomic E-state index is 13.4. The zero-order valence-electron chi connectivity index (χ0n) is 12.1. The molecule has 1 aliphatic rings. The van der Waals surface area contributed by atoms with Crippen LogP contribution in [0.1, 0.15) is 47.9 Å². The average Bonchev–Trinajstić information content (AvgIpc) is 2.29. The number of hydrogen-bond donors (Lipinski definition) is 1. The van der Waals surface area contributed by atoms with Crippen molar-refractivity contribution >= 4 is 5.97 Å². The Hall–Kier alpha value is -1.45. The molecular weight excluding hydrogens is 262 g/mol. The molecule has 20 heavy (non-hydrogen) atoms. The molecule has 0 spiro atoms. The van der Waals surface area contributed by atoms with Crippen LogP contribution in [-0.2, 0) is 10.2 Å². The fraction of sp³-hybridized carbons (Fsp3) is 0.562. The molecule has 1 N–H and O–H groups in total. The topological polar surface area (TPSA) is 37.3 Å². The van der Waals surface area contributed by atoms with Crippen molar-refractivity contribution in [2.24, 2.45) is 0 Å². The van der Waals surface area contributed by atoms with E-state index in [1.165, 1.54) is 0 Å². The van der Waals surface area contributed by atoms with E-state index in [4.69, 9.17) is 0 Å². The summed E-state index contributed by atoms with van der Waals surface area (Å²) in [6.07, 6.45) is -0.710. The fourth-order valence-electron chi connectivity index (χ4n) is 3.55. The third-order valence-corrected chi connectivity index (χ3v) is 4.40. The molecule has 0 aliphatic heterocycles. The van der Waals surface area contributed by atoms with Gasteiger partial charge in [-0.05, 0) is 50.3 Å². The highest BCUT2D eigenvalue weighted by Gasteiger charge is 2.50. The van der Waals surface area contributed by atoms with Crippen molar-refractivity contribution in [3.05, 3.63) is 34.4 Å². The van der Waals surface area contributed by atoms with E-state index in [1.54, 1.807) is 0 Å². The summed E-state index contributed by atoms with van der Waals surface area (Å²) in [4.78, 5) is 11.8. The highest BCUT2D eigenvalue weighted by atomic mass is 19.3. The molecular formula is C16H20F2O2. The molecule has 1 aliphatic carbocycles. The van der Waals surface area contributed by atoms with Gasteiger partial charge in [0.15, 0.2) is 0 Å². The van der Waals surface area contributed by atoms with E-state index >= 15 is 0 Å². The van der Waals surface area contributed by atoms with E-state index in [-0.39, 0.29) is 25.7 Å². The molecule has 2 nitrogen and oxygen atoms in total. The van der Waals surface area contributed by atoms with Crippen molar-refractivity contribution in [1.29, 1.82) is 0 Å². The van der Waals surface area contributed by atoms with Crippen molar-refractivity contribution in [2.45, 2.75) is 57.8 Å². The Morgan fingerprint density at radius 2 is 1.50 bits per heavy atom. The van der Waals surface area contributed by atoms with Crippen LogP contribution in [0.15, 0.2) is 12.1 Å². The molecule has 0 bridgehead atoms. The van der Waals surface area contributed by atoms with Crippen molar-refractivity contribution in [3.8, 4) is 0 Å². The van der Waals surface area contributed by atoms with Gasteiger partial charge in [-0.2, -0.15) is 0 Å². The number of hydrogen-bond acceptors (Lipinski definition) is 1. The molecule has 1 saturated carbocycles. The lowest BCUT2D eigenvalue weighted by molar-refractivity contribution is -0.149. The second-order valence-electron chi connectivity index (χ2n) is 6.02. The second-order valence-corrected chi connectivity index (χ2v) is 6.02. The lowest BCUT2D eigenvalue weighted by Crippen LogP contribution is -2.43. The monoisotopic (exact) mass is 282 g/mol. The number of carboxylic acid groups (broad SMARTS) is 1. The summed E-state index contributed by atoms with van der Waals surface area (Å²) in [5.41, 5.74) is 2.39. The first kappa shape index (κ1) is 14.9. The van der Waals surface area contributed by atoms with Crippen LogP contribution >= 0.6 is 0 Å². The van der Waals surface area contributed by atoms with E-state index in [9.17, 15) is 18.7 Å². The molecule has 2 rings (SSSR count). The summed E-state index contributed by atoms with van der Waals surface area (Å²) in [7, 11) is 0. The number of aryl methyl sites for hydroxylation is 3. The SMILES string of the molecule is Cc1cc(C)c(C2(C(=O)O)CCC(F)(F)CC2)c(C)c1. The van der Waals surface area contributed by atoms with E-state index < -0.39 is 17.3 Å². The van der Waals surface area contributed by atoms with Gasteiger partial charge in [0.1, 0.15) is 0 Å². The summed E-state index contributed by atoms with van der Waals surface area (Å²) < 4.78 is 26.8. The first-order valence-electron chi connectivity index (χ1n) is 6.87. The molecule has 0 amide bonds. The van der Waals surface area contributed by atoms with Gasteiger partial charge in [-0.3, -0.25) is 4.79 Å². The Bertz CT molecular complexity index is 516. The minimum atomic E-state index is -2.73. The van der Waals surface area contributed by atoms with Crippen LogP contribution < -0.4 is 0 Å². The second kappa shape index (κ2) is 4.83. The largest absolute Gasteiger partial charge is 0.481 e. The van der Waals surface area contributed by atoms with Gasteiger partial charge in [0.25, 0.3) is 0 Å². The maximum atomic E-state index is 13.4. The highest BCUT2D eigenvalue weighted by Crippen LogP contribution is 2.47. The van der Waals surface area contributed by atoms with Crippen LogP contribution in [-0.4, -0.2) is 17.0 Å². The van der Waals surface area contributed by atoms with Crippen molar-refractivity contribution in [2.75, 3.05) is 0 Å². The van der Waals surface area contributed by atoms with Crippen LogP contribution in [0, 0.1) is 20.8 Å². The molecule has 0 heterocycles. The molecule has 4 heteroatoms. The van der Waals surface area contributed by atoms with Gasteiger partial charge in [0.2, 0.25) is 5.92 Å². The number of rotatable bonds is 2. The van der Waals surface area contributed by atoms with Gasteiger partial charge >= 0.3 is 5.97 Å². The van der Waals surface area contributed by atoms with Gasteiger partial charge in [-0.15, -0.1) is 0 Å². The third kappa shape index (κ3) is 2.43. The van der Waals surface area contributed by atoms with E-state index in [0.717, 1.165) is 22.3 Å². The summed E-state index contributed by atoms with van der Waals surface area (Å²) in [6.45, 7) is 5.69. The summed E-state index contributed by atoms with van der Waals surface area (Å²) >= 11 is 0. The molecule has 0 radical (unpaired) electrons. The summed E-state index contributed by atoms with van der Waals surface area (Å²) in [6, 6.07) is 3.86. The Morgan fingerprint density at radius 1 is 1.05 bits per heavy atom. The number of carboxylic acids is 1. The molecule has 0 saturated heterocycles. The normalized spacial score (nSPS) is 20.6.